The van der Waals surface area contributed by atoms with E-state index in [9.17, 15) is 8.42 Å². The maximum atomic E-state index is 11.1. The average Bonchev–Trinajstić information content (AvgIpc) is 2.57. The van der Waals surface area contributed by atoms with Crippen LogP contribution in [-0.2, 0) is 26.6 Å². The Morgan fingerprint density at radius 1 is 1.33 bits per heavy atom. The van der Waals surface area contributed by atoms with Crippen LogP contribution in [-0.4, -0.2) is 21.6 Å². The summed E-state index contributed by atoms with van der Waals surface area (Å²) in [5.74, 6) is 0. The summed E-state index contributed by atoms with van der Waals surface area (Å²) in [4.78, 5) is 0.166. The number of hydrogen-bond acceptors (Lipinski definition) is 3. The van der Waals surface area contributed by atoms with Crippen molar-refractivity contribution in [3.05, 3.63) is 29.3 Å². The minimum absolute atomic E-state index is 0.160. The molecule has 0 unspecified atom stereocenters. The Bertz CT molecular complexity index is 481. The fourth-order valence-corrected chi connectivity index (χ4v) is 2.67. The zero-order chi connectivity index (χ0) is 11.1. The lowest BCUT2D eigenvalue weighted by Crippen LogP contribution is -2.08. The van der Waals surface area contributed by atoms with Crippen molar-refractivity contribution in [3.8, 4) is 0 Å². The van der Waals surface area contributed by atoms with Gasteiger partial charge in [0.25, 0.3) is 9.05 Å². The Morgan fingerprint density at radius 3 is 2.60 bits per heavy atom. The first-order chi connectivity index (χ1) is 7.00. The molecule has 1 atom stereocenters. The largest absolute Gasteiger partial charge is 0.381 e. The predicted octanol–water partition coefficient (Wildman–Crippen LogP) is 1.73. The van der Waals surface area contributed by atoms with E-state index in [0.29, 0.717) is 0 Å². The van der Waals surface area contributed by atoms with E-state index < -0.39 is 9.05 Å². The molecule has 0 N–H and O–H groups in total. The molecule has 1 aromatic carbocycles. The molecule has 2 rings (SSSR count). The number of methoxy groups -OCH3 is 1. The van der Waals surface area contributed by atoms with Gasteiger partial charge in [-0.15, -0.1) is 0 Å². The minimum Gasteiger partial charge on any atom is -0.381 e. The number of halogens is 1. The Morgan fingerprint density at radius 2 is 2.00 bits per heavy atom. The fraction of sp³-hybridized carbons (Fsp3) is 0.400. The van der Waals surface area contributed by atoms with Gasteiger partial charge in [-0.2, -0.15) is 0 Å². The molecule has 0 heterocycles. The molecule has 1 aliphatic rings. The van der Waals surface area contributed by atoms with Crippen molar-refractivity contribution < 1.29 is 13.2 Å². The van der Waals surface area contributed by atoms with Crippen LogP contribution in [0.5, 0.6) is 0 Å². The number of rotatable bonds is 2. The molecule has 0 fully saturated rings. The number of hydrogen-bond donors (Lipinski definition) is 0. The van der Waals surface area contributed by atoms with Crippen LogP contribution in [0.25, 0.3) is 0 Å². The van der Waals surface area contributed by atoms with Gasteiger partial charge in [-0.05, 0) is 36.1 Å². The number of benzene rings is 1. The summed E-state index contributed by atoms with van der Waals surface area (Å²) in [5.41, 5.74) is 2.16. The summed E-state index contributed by atoms with van der Waals surface area (Å²) in [5, 5.41) is 0. The number of ether oxygens (including phenoxy) is 1. The molecule has 0 aromatic heterocycles. The molecule has 0 saturated heterocycles. The molecule has 82 valence electrons. The maximum Gasteiger partial charge on any atom is 0.261 e. The molecule has 0 spiro atoms. The Balaban J connectivity index is 2.39. The van der Waals surface area contributed by atoms with Gasteiger partial charge in [0.05, 0.1) is 11.0 Å². The third-order valence-corrected chi connectivity index (χ3v) is 4.04. The quantitative estimate of drug-likeness (QED) is 0.747. The topological polar surface area (TPSA) is 43.4 Å². The molecular formula is C10H11ClO3S. The van der Waals surface area contributed by atoms with Crippen molar-refractivity contribution >= 4 is 19.7 Å². The first-order valence-electron chi connectivity index (χ1n) is 4.60. The molecule has 0 bridgehead atoms. The molecular weight excluding hydrogens is 236 g/mol. The Labute approximate surface area is 93.4 Å². The first kappa shape index (κ1) is 10.9. The summed E-state index contributed by atoms with van der Waals surface area (Å²) in [6.45, 7) is 0. The van der Waals surface area contributed by atoms with E-state index in [2.05, 4.69) is 0 Å². The SMILES string of the molecule is CO[C@H]1Cc2ccc(S(=O)(=O)Cl)cc2C1. The van der Waals surface area contributed by atoms with Crippen LogP contribution < -0.4 is 0 Å². The van der Waals surface area contributed by atoms with Crippen LogP contribution in [0.1, 0.15) is 11.1 Å². The second-order valence-corrected chi connectivity index (χ2v) is 6.20. The van der Waals surface area contributed by atoms with E-state index in [4.69, 9.17) is 15.4 Å². The zero-order valence-electron chi connectivity index (χ0n) is 8.23. The predicted molar refractivity (Wildman–Crippen MR) is 57.7 cm³/mol. The van der Waals surface area contributed by atoms with Crippen molar-refractivity contribution in [1.29, 1.82) is 0 Å². The van der Waals surface area contributed by atoms with Crippen LogP contribution in [0, 0.1) is 0 Å². The van der Waals surface area contributed by atoms with Crippen LogP contribution in [0.15, 0.2) is 23.1 Å². The molecule has 0 radical (unpaired) electrons. The van der Waals surface area contributed by atoms with Gasteiger partial charge in [-0.3, -0.25) is 0 Å². The standard InChI is InChI=1S/C10H11ClO3S/c1-14-9-4-7-2-3-10(15(11,12)13)6-8(7)5-9/h2-3,6,9H,4-5H2,1H3/t9-/m0/s1. The second kappa shape index (κ2) is 3.77. The highest BCUT2D eigenvalue weighted by Crippen LogP contribution is 2.27. The van der Waals surface area contributed by atoms with Gasteiger partial charge in [0.2, 0.25) is 0 Å². The van der Waals surface area contributed by atoms with Gasteiger partial charge in [-0.25, -0.2) is 8.42 Å². The van der Waals surface area contributed by atoms with Gasteiger partial charge < -0.3 is 4.74 Å². The summed E-state index contributed by atoms with van der Waals surface area (Å²) >= 11 is 0. The lowest BCUT2D eigenvalue weighted by molar-refractivity contribution is 0.112. The van der Waals surface area contributed by atoms with E-state index >= 15 is 0 Å². The smallest absolute Gasteiger partial charge is 0.261 e. The van der Waals surface area contributed by atoms with E-state index in [1.54, 1.807) is 19.2 Å². The van der Waals surface area contributed by atoms with Crippen molar-refractivity contribution in [2.45, 2.75) is 23.8 Å². The second-order valence-electron chi connectivity index (χ2n) is 3.63. The summed E-state index contributed by atoms with van der Waals surface area (Å²) < 4.78 is 27.5. The lowest BCUT2D eigenvalue weighted by Gasteiger charge is -2.03. The lowest BCUT2D eigenvalue weighted by atomic mass is 10.1. The van der Waals surface area contributed by atoms with Gasteiger partial charge in [-0.1, -0.05) is 6.07 Å². The Kier molecular flexibility index (Phi) is 2.75. The van der Waals surface area contributed by atoms with E-state index in [0.717, 1.165) is 24.0 Å². The summed E-state index contributed by atoms with van der Waals surface area (Å²) in [6, 6.07) is 4.99. The van der Waals surface area contributed by atoms with Crippen LogP contribution >= 0.6 is 10.7 Å². The van der Waals surface area contributed by atoms with Crippen LogP contribution in [0.2, 0.25) is 0 Å². The number of fused-ring (bicyclic) bond motifs is 1. The van der Waals surface area contributed by atoms with Gasteiger partial charge in [0.15, 0.2) is 0 Å². The molecule has 5 heteroatoms. The van der Waals surface area contributed by atoms with Gasteiger partial charge in [0.1, 0.15) is 0 Å². The molecule has 1 aromatic rings. The summed E-state index contributed by atoms with van der Waals surface area (Å²) in [7, 11) is 3.32. The van der Waals surface area contributed by atoms with Crippen LogP contribution in [0.3, 0.4) is 0 Å². The monoisotopic (exact) mass is 246 g/mol. The highest BCUT2D eigenvalue weighted by molar-refractivity contribution is 8.13. The molecule has 3 nitrogen and oxygen atoms in total. The van der Waals surface area contributed by atoms with Crippen molar-refractivity contribution in [3.63, 3.8) is 0 Å². The van der Waals surface area contributed by atoms with Crippen molar-refractivity contribution in [2.24, 2.45) is 0 Å². The molecule has 15 heavy (non-hydrogen) atoms. The average molecular weight is 247 g/mol. The molecule has 0 amide bonds. The minimum atomic E-state index is -3.62. The van der Waals surface area contributed by atoms with Crippen molar-refractivity contribution in [1.82, 2.24) is 0 Å². The zero-order valence-corrected chi connectivity index (χ0v) is 9.81. The van der Waals surface area contributed by atoms with Gasteiger partial charge >= 0.3 is 0 Å². The van der Waals surface area contributed by atoms with E-state index in [-0.39, 0.29) is 11.0 Å². The highest BCUT2D eigenvalue weighted by atomic mass is 35.7. The van der Waals surface area contributed by atoms with Gasteiger partial charge in [0, 0.05) is 17.8 Å². The molecule has 0 aliphatic heterocycles. The first-order valence-corrected chi connectivity index (χ1v) is 6.91. The fourth-order valence-electron chi connectivity index (χ4n) is 1.87. The third-order valence-electron chi connectivity index (χ3n) is 2.69. The maximum absolute atomic E-state index is 11.1. The Hall–Kier alpha value is -0.580. The van der Waals surface area contributed by atoms with Crippen molar-refractivity contribution in [2.75, 3.05) is 7.11 Å². The summed E-state index contributed by atoms with van der Waals surface area (Å²) in [6.07, 6.45) is 1.76. The third kappa shape index (κ3) is 2.17. The van der Waals surface area contributed by atoms with Crippen LogP contribution in [0.4, 0.5) is 0 Å². The van der Waals surface area contributed by atoms with E-state index in [1.807, 2.05) is 6.07 Å². The normalized spacial score (nSPS) is 20.3. The molecule has 0 saturated carbocycles. The molecule has 1 aliphatic carbocycles. The highest BCUT2D eigenvalue weighted by Gasteiger charge is 2.22. The van der Waals surface area contributed by atoms with E-state index in [1.165, 1.54) is 0 Å².